The van der Waals surface area contributed by atoms with Crippen molar-refractivity contribution in [3.8, 4) is 0 Å². The molecule has 0 aliphatic carbocycles. The van der Waals surface area contributed by atoms with E-state index >= 15 is 0 Å². The van der Waals surface area contributed by atoms with Gasteiger partial charge in [-0.25, -0.2) is 0 Å². The van der Waals surface area contributed by atoms with E-state index in [1.54, 1.807) is 46.8 Å². The van der Waals surface area contributed by atoms with Gasteiger partial charge in [-0.05, 0) is 49.4 Å². The molecule has 3 aromatic rings. The zero-order valence-electron chi connectivity index (χ0n) is 16.3. The summed E-state index contributed by atoms with van der Waals surface area (Å²) in [5.41, 5.74) is 0.737. The molecule has 8 heteroatoms. The van der Waals surface area contributed by atoms with Crippen LogP contribution in [0.5, 0.6) is 0 Å². The molecule has 0 radical (unpaired) electrons. The number of carbonyl (C=O) groups is 3. The minimum atomic E-state index is -0.365. The van der Waals surface area contributed by atoms with Crippen LogP contribution in [0.2, 0.25) is 0 Å². The molecule has 3 heterocycles. The van der Waals surface area contributed by atoms with Crippen molar-refractivity contribution in [3.05, 3.63) is 79.8 Å². The molecule has 4 rings (SSSR count). The highest BCUT2D eigenvalue weighted by Gasteiger charge is 2.35. The highest BCUT2D eigenvalue weighted by molar-refractivity contribution is 9.10. The Morgan fingerprint density at radius 1 is 1.10 bits per heavy atom. The number of benzene rings is 1. The Morgan fingerprint density at radius 3 is 2.60 bits per heavy atom. The summed E-state index contributed by atoms with van der Waals surface area (Å²) in [5.74, 6) is -0.185. The summed E-state index contributed by atoms with van der Waals surface area (Å²) in [4.78, 5) is 43.3. The lowest BCUT2D eigenvalue weighted by Crippen LogP contribution is -2.36. The quantitative estimate of drug-likeness (QED) is 0.456. The number of nitrogens with zero attached hydrogens (tertiary/aromatic N) is 2. The van der Waals surface area contributed by atoms with Crippen LogP contribution in [0.25, 0.3) is 0 Å². The predicted octanol–water partition coefficient (Wildman–Crippen LogP) is 4.63. The second-order valence-electron chi connectivity index (χ2n) is 7.04. The molecule has 0 atom stereocenters. The fourth-order valence-corrected chi connectivity index (χ4v) is 4.68. The summed E-state index contributed by atoms with van der Waals surface area (Å²) >= 11 is 4.96. The highest BCUT2D eigenvalue weighted by atomic mass is 79.9. The van der Waals surface area contributed by atoms with Gasteiger partial charge in [0.25, 0.3) is 11.8 Å². The second kappa shape index (κ2) is 8.57. The minimum absolute atomic E-state index is 0.0426. The van der Waals surface area contributed by atoms with Crippen LogP contribution < -0.4 is 0 Å². The fraction of sp³-hybridized carbons (Fsp3) is 0.227. The standard InChI is InChI=1S/C22H19BrN2O4S/c1-14-4-6-17(30-14)13-24(12-16-3-2-10-29-16)20(26)8-9-25-21(27)18-7-5-15(23)11-19(18)22(25)28/h2-7,10-11H,8-9,12-13H2,1H3. The van der Waals surface area contributed by atoms with Gasteiger partial charge in [-0.1, -0.05) is 15.9 Å². The molecule has 3 amide bonds. The average Bonchev–Trinajstić information content (AvgIpc) is 3.42. The van der Waals surface area contributed by atoms with E-state index in [1.165, 1.54) is 4.88 Å². The summed E-state index contributed by atoms with van der Waals surface area (Å²) in [7, 11) is 0. The van der Waals surface area contributed by atoms with E-state index in [2.05, 4.69) is 15.9 Å². The van der Waals surface area contributed by atoms with E-state index in [1.807, 2.05) is 25.1 Å². The normalized spacial score (nSPS) is 13.1. The van der Waals surface area contributed by atoms with Crippen molar-refractivity contribution >= 4 is 45.0 Å². The SMILES string of the molecule is Cc1ccc(CN(Cc2ccco2)C(=O)CCN2C(=O)c3ccc(Br)cc3C2=O)s1. The smallest absolute Gasteiger partial charge is 0.261 e. The van der Waals surface area contributed by atoms with Crippen LogP contribution in [0, 0.1) is 6.92 Å². The maximum absolute atomic E-state index is 13.0. The van der Waals surface area contributed by atoms with Crippen LogP contribution in [-0.2, 0) is 17.9 Å². The number of aryl methyl sites for hydroxylation is 1. The monoisotopic (exact) mass is 486 g/mol. The molecule has 154 valence electrons. The van der Waals surface area contributed by atoms with Gasteiger partial charge in [0.2, 0.25) is 5.91 Å². The number of hydrogen-bond donors (Lipinski definition) is 0. The molecule has 6 nitrogen and oxygen atoms in total. The number of imide groups is 1. The van der Waals surface area contributed by atoms with Gasteiger partial charge in [0.15, 0.2) is 0 Å². The van der Waals surface area contributed by atoms with Crippen molar-refractivity contribution in [2.24, 2.45) is 0 Å². The maximum Gasteiger partial charge on any atom is 0.261 e. The Kier molecular flexibility index (Phi) is 5.87. The van der Waals surface area contributed by atoms with Gasteiger partial charge in [0.1, 0.15) is 5.76 Å². The van der Waals surface area contributed by atoms with Gasteiger partial charge < -0.3 is 9.32 Å². The first-order chi connectivity index (χ1) is 14.4. The van der Waals surface area contributed by atoms with Crippen LogP contribution in [0.3, 0.4) is 0 Å². The van der Waals surface area contributed by atoms with Crippen molar-refractivity contribution in [2.45, 2.75) is 26.4 Å². The Bertz CT molecular complexity index is 1110. The van der Waals surface area contributed by atoms with Gasteiger partial charge in [-0.2, -0.15) is 0 Å². The van der Waals surface area contributed by atoms with Crippen molar-refractivity contribution < 1.29 is 18.8 Å². The van der Waals surface area contributed by atoms with E-state index in [0.717, 1.165) is 14.2 Å². The number of hydrogen-bond acceptors (Lipinski definition) is 5. The summed E-state index contributed by atoms with van der Waals surface area (Å²) in [6.07, 6.45) is 1.63. The molecular formula is C22H19BrN2O4S. The third-order valence-electron chi connectivity index (χ3n) is 4.90. The Morgan fingerprint density at radius 2 is 1.90 bits per heavy atom. The van der Waals surface area contributed by atoms with Crippen molar-refractivity contribution in [1.82, 2.24) is 9.80 Å². The molecule has 30 heavy (non-hydrogen) atoms. The Balaban J connectivity index is 1.46. The molecule has 0 N–H and O–H groups in total. The third-order valence-corrected chi connectivity index (χ3v) is 6.38. The van der Waals surface area contributed by atoms with E-state index in [-0.39, 0.29) is 30.7 Å². The average molecular weight is 487 g/mol. The third kappa shape index (κ3) is 4.24. The zero-order valence-corrected chi connectivity index (χ0v) is 18.7. The van der Waals surface area contributed by atoms with Gasteiger partial charge in [0, 0.05) is 27.2 Å². The van der Waals surface area contributed by atoms with Crippen LogP contribution >= 0.6 is 27.3 Å². The Labute approximate surface area is 186 Å². The first-order valence-corrected chi connectivity index (χ1v) is 11.0. The Hall–Kier alpha value is -2.71. The molecular weight excluding hydrogens is 468 g/mol. The first-order valence-electron chi connectivity index (χ1n) is 9.43. The molecule has 0 unspecified atom stereocenters. The van der Waals surface area contributed by atoms with E-state index in [9.17, 15) is 14.4 Å². The lowest BCUT2D eigenvalue weighted by molar-refractivity contribution is -0.132. The number of halogens is 1. The number of thiophene rings is 1. The predicted molar refractivity (Wildman–Crippen MR) is 116 cm³/mol. The van der Waals surface area contributed by atoms with E-state index in [0.29, 0.717) is 30.0 Å². The number of carbonyl (C=O) groups excluding carboxylic acids is 3. The summed E-state index contributed by atoms with van der Waals surface area (Å²) < 4.78 is 6.14. The molecule has 1 aromatic carbocycles. The number of amides is 3. The number of furan rings is 1. The maximum atomic E-state index is 13.0. The van der Waals surface area contributed by atoms with Crippen LogP contribution in [0.15, 0.2) is 57.6 Å². The van der Waals surface area contributed by atoms with E-state index in [4.69, 9.17) is 4.42 Å². The summed E-state index contributed by atoms with van der Waals surface area (Å²) in [6, 6.07) is 12.6. The van der Waals surface area contributed by atoms with Gasteiger partial charge in [-0.15, -0.1) is 11.3 Å². The first kappa shape index (κ1) is 20.6. The van der Waals surface area contributed by atoms with Crippen molar-refractivity contribution in [2.75, 3.05) is 6.54 Å². The van der Waals surface area contributed by atoms with Gasteiger partial charge in [-0.3, -0.25) is 19.3 Å². The lowest BCUT2D eigenvalue weighted by atomic mass is 10.1. The van der Waals surface area contributed by atoms with Crippen molar-refractivity contribution in [3.63, 3.8) is 0 Å². The number of fused-ring (bicyclic) bond motifs is 1. The van der Waals surface area contributed by atoms with E-state index < -0.39 is 0 Å². The second-order valence-corrected chi connectivity index (χ2v) is 9.33. The largest absolute Gasteiger partial charge is 0.467 e. The molecule has 0 bridgehead atoms. The van der Waals surface area contributed by atoms with Crippen LogP contribution in [0.4, 0.5) is 0 Å². The van der Waals surface area contributed by atoms with Crippen LogP contribution in [0.1, 0.15) is 42.7 Å². The molecule has 2 aromatic heterocycles. The number of rotatable bonds is 7. The van der Waals surface area contributed by atoms with Gasteiger partial charge >= 0.3 is 0 Å². The molecule has 1 aliphatic heterocycles. The molecule has 0 saturated carbocycles. The lowest BCUT2D eigenvalue weighted by Gasteiger charge is -2.22. The topological polar surface area (TPSA) is 70.8 Å². The van der Waals surface area contributed by atoms with Crippen molar-refractivity contribution in [1.29, 1.82) is 0 Å². The molecule has 0 fully saturated rings. The summed E-state index contributed by atoms with van der Waals surface area (Å²) in [5, 5.41) is 0. The summed E-state index contributed by atoms with van der Waals surface area (Å²) in [6.45, 7) is 2.85. The zero-order chi connectivity index (χ0) is 21.3. The van der Waals surface area contributed by atoms with Gasteiger partial charge in [0.05, 0.1) is 30.5 Å². The fourth-order valence-electron chi connectivity index (χ4n) is 3.41. The molecule has 0 saturated heterocycles. The minimum Gasteiger partial charge on any atom is -0.467 e. The molecule has 1 aliphatic rings. The highest BCUT2D eigenvalue weighted by Crippen LogP contribution is 2.26. The molecule has 0 spiro atoms. The van der Waals surface area contributed by atoms with Crippen LogP contribution in [-0.4, -0.2) is 34.1 Å².